The van der Waals surface area contributed by atoms with Crippen molar-refractivity contribution in [2.75, 3.05) is 5.32 Å². The normalized spacial score (nSPS) is 10.5. The molecule has 0 unspecified atom stereocenters. The maximum Gasteiger partial charge on any atom is 0.293 e. The van der Waals surface area contributed by atoms with Crippen LogP contribution in [0.5, 0.6) is 5.88 Å². The summed E-state index contributed by atoms with van der Waals surface area (Å²) in [4.78, 5) is 20.5. The van der Waals surface area contributed by atoms with Crippen LogP contribution in [0, 0.1) is 13.8 Å². The highest BCUT2D eigenvalue weighted by atomic mass is 32.1. The van der Waals surface area contributed by atoms with Crippen LogP contribution in [0.2, 0.25) is 0 Å². The predicted octanol–water partition coefficient (Wildman–Crippen LogP) is 3.58. The number of amides is 1. The molecule has 0 bridgehead atoms. The van der Waals surface area contributed by atoms with Gasteiger partial charge in [0.2, 0.25) is 5.88 Å². The first-order valence-electron chi connectivity index (χ1n) is 6.99. The second kappa shape index (κ2) is 6.62. The number of aromatic nitrogens is 2. The number of hydrogen-bond donors (Lipinski definition) is 1. The van der Waals surface area contributed by atoms with E-state index in [2.05, 4.69) is 15.3 Å². The number of aryl methyl sites for hydroxylation is 2. The lowest BCUT2D eigenvalue weighted by Gasteiger charge is -2.03. The molecule has 23 heavy (non-hydrogen) atoms. The van der Waals surface area contributed by atoms with Gasteiger partial charge in [-0.25, -0.2) is 9.97 Å². The third-order valence-corrected chi connectivity index (χ3v) is 3.83. The average Bonchev–Trinajstić information content (AvgIpc) is 3.14. The molecule has 1 amide bonds. The molecule has 118 valence electrons. The fraction of sp³-hybridized carbons (Fsp3) is 0.188. The van der Waals surface area contributed by atoms with Crippen LogP contribution in [0.3, 0.4) is 0 Å². The number of pyridine rings is 1. The maximum absolute atomic E-state index is 12.1. The highest BCUT2D eigenvalue weighted by Gasteiger charge is 2.13. The lowest BCUT2D eigenvalue weighted by Crippen LogP contribution is -2.10. The molecule has 0 spiro atoms. The number of nitrogens with zero attached hydrogens (tertiary/aromatic N) is 2. The van der Waals surface area contributed by atoms with E-state index < -0.39 is 0 Å². The third kappa shape index (κ3) is 3.95. The van der Waals surface area contributed by atoms with Gasteiger partial charge >= 0.3 is 0 Å². The Morgan fingerprint density at radius 1 is 1.22 bits per heavy atom. The fourth-order valence-corrected chi connectivity index (χ4v) is 2.57. The van der Waals surface area contributed by atoms with Gasteiger partial charge in [-0.05, 0) is 32.0 Å². The van der Waals surface area contributed by atoms with Gasteiger partial charge in [0.25, 0.3) is 5.91 Å². The van der Waals surface area contributed by atoms with Crippen molar-refractivity contribution in [1.82, 2.24) is 9.97 Å². The van der Waals surface area contributed by atoms with Crippen molar-refractivity contribution < 1.29 is 13.9 Å². The monoisotopic (exact) mass is 329 g/mol. The molecule has 0 saturated heterocycles. The molecule has 0 aliphatic carbocycles. The van der Waals surface area contributed by atoms with Crippen LogP contribution in [0.15, 0.2) is 40.1 Å². The Bertz CT molecular complexity index is 825. The maximum atomic E-state index is 12.1. The second-order valence-corrected chi connectivity index (χ2v) is 5.78. The molecule has 3 aromatic rings. The van der Waals surface area contributed by atoms with Gasteiger partial charge in [0.1, 0.15) is 12.4 Å². The number of ether oxygens (including phenoxy) is 1. The van der Waals surface area contributed by atoms with E-state index in [9.17, 15) is 4.79 Å². The number of thiazole rings is 1. The van der Waals surface area contributed by atoms with E-state index in [0.717, 1.165) is 11.4 Å². The Morgan fingerprint density at radius 2 is 2.09 bits per heavy atom. The Labute approximate surface area is 137 Å². The number of carbonyl (C=O) groups excluding carboxylic acids is 1. The standard InChI is InChI=1S/C16H15N3O3S/c1-10-4-3-5-14(17-10)21-8-12-6-7-13(22-12)15(20)19-16-18-11(2)9-23-16/h3-7,9H,8H2,1-2H3,(H,18,19,20). The summed E-state index contributed by atoms with van der Waals surface area (Å²) in [5, 5.41) is 5.11. The molecule has 0 aliphatic rings. The molecule has 0 radical (unpaired) electrons. The van der Waals surface area contributed by atoms with Crippen molar-refractivity contribution in [2.45, 2.75) is 20.5 Å². The van der Waals surface area contributed by atoms with Gasteiger partial charge < -0.3 is 9.15 Å². The minimum absolute atomic E-state index is 0.208. The molecular formula is C16H15N3O3S. The second-order valence-electron chi connectivity index (χ2n) is 4.92. The molecule has 7 heteroatoms. The average molecular weight is 329 g/mol. The SMILES string of the molecule is Cc1cccc(OCc2ccc(C(=O)Nc3nc(C)cs3)o2)n1. The van der Waals surface area contributed by atoms with E-state index in [0.29, 0.717) is 16.8 Å². The Morgan fingerprint density at radius 3 is 2.83 bits per heavy atom. The van der Waals surface area contributed by atoms with E-state index in [1.165, 1.54) is 11.3 Å². The number of nitrogens with one attached hydrogen (secondary N) is 1. The topological polar surface area (TPSA) is 77.2 Å². The first-order chi connectivity index (χ1) is 11.1. The number of hydrogen-bond acceptors (Lipinski definition) is 6. The van der Waals surface area contributed by atoms with Crippen LogP contribution in [0.1, 0.15) is 27.7 Å². The van der Waals surface area contributed by atoms with Gasteiger partial charge in [0, 0.05) is 17.1 Å². The highest BCUT2D eigenvalue weighted by molar-refractivity contribution is 7.13. The van der Waals surface area contributed by atoms with Crippen LogP contribution in [-0.4, -0.2) is 15.9 Å². The number of furan rings is 1. The highest BCUT2D eigenvalue weighted by Crippen LogP contribution is 2.17. The molecule has 1 N–H and O–H groups in total. The summed E-state index contributed by atoms with van der Waals surface area (Å²) in [5.41, 5.74) is 1.74. The summed E-state index contributed by atoms with van der Waals surface area (Å²) < 4.78 is 11.0. The zero-order valence-electron chi connectivity index (χ0n) is 12.7. The van der Waals surface area contributed by atoms with E-state index in [-0.39, 0.29) is 18.3 Å². The molecule has 6 nitrogen and oxygen atoms in total. The molecule has 3 rings (SSSR count). The quantitative estimate of drug-likeness (QED) is 0.774. The van der Waals surface area contributed by atoms with Crippen LogP contribution in [-0.2, 0) is 6.61 Å². The molecule has 0 atom stereocenters. The van der Waals surface area contributed by atoms with Gasteiger partial charge in [-0.15, -0.1) is 11.3 Å². The molecular weight excluding hydrogens is 314 g/mol. The summed E-state index contributed by atoms with van der Waals surface area (Å²) in [5.74, 6) is 0.951. The van der Waals surface area contributed by atoms with E-state index >= 15 is 0 Å². The molecule has 3 aromatic heterocycles. The van der Waals surface area contributed by atoms with Crippen LogP contribution in [0.25, 0.3) is 0 Å². The Hall–Kier alpha value is -2.67. The Balaban J connectivity index is 1.60. The van der Waals surface area contributed by atoms with Crippen LogP contribution in [0.4, 0.5) is 5.13 Å². The van der Waals surface area contributed by atoms with Gasteiger partial charge in [-0.2, -0.15) is 0 Å². The zero-order chi connectivity index (χ0) is 16.2. The van der Waals surface area contributed by atoms with Crippen molar-refractivity contribution in [2.24, 2.45) is 0 Å². The molecule has 0 fully saturated rings. The summed E-state index contributed by atoms with van der Waals surface area (Å²) in [6, 6.07) is 8.85. The third-order valence-electron chi connectivity index (χ3n) is 2.95. The van der Waals surface area contributed by atoms with Crippen molar-refractivity contribution in [3.8, 4) is 5.88 Å². The molecule has 0 aromatic carbocycles. The summed E-state index contributed by atoms with van der Waals surface area (Å²) in [6.45, 7) is 3.97. The largest absolute Gasteiger partial charge is 0.469 e. The van der Waals surface area contributed by atoms with Crippen molar-refractivity contribution in [3.05, 3.63) is 58.6 Å². The van der Waals surface area contributed by atoms with Gasteiger partial charge in [-0.1, -0.05) is 6.07 Å². The van der Waals surface area contributed by atoms with Gasteiger partial charge in [0.15, 0.2) is 10.9 Å². The van der Waals surface area contributed by atoms with E-state index in [1.54, 1.807) is 18.2 Å². The summed E-state index contributed by atoms with van der Waals surface area (Å²) in [6.07, 6.45) is 0. The lowest BCUT2D eigenvalue weighted by molar-refractivity contribution is 0.0992. The van der Waals surface area contributed by atoms with Gasteiger partial charge in [0.05, 0.1) is 5.69 Å². The van der Waals surface area contributed by atoms with E-state index in [4.69, 9.17) is 9.15 Å². The number of carbonyl (C=O) groups is 1. The zero-order valence-corrected chi connectivity index (χ0v) is 13.5. The Kier molecular flexibility index (Phi) is 4.38. The first kappa shape index (κ1) is 15.2. The summed E-state index contributed by atoms with van der Waals surface area (Å²) in [7, 11) is 0. The first-order valence-corrected chi connectivity index (χ1v) is 7.87. The van der Waals surface area contributed by atoms with Gasteiger partial charge in [-0.3, -0.25) is 10.1 Å². The minimum atomic E-state index is -0.334. The van der Waals surface area contributed by atoms with Crippen LogP contribution >= 0.6 is 11.3 Å². The summed E-state index contributed by atoms with van der Waals surface area (Å²) >= 11 is 1.37. The lowest BCUT2D eigenvalue weighted by atomic mass is 10.4. The van der Waals surface area contributed by atoms with Crippen molar-refractivity contribution >= 4 is 22.4 Å². The smallest absolute Gasteiger partial charge is 0.293 e. The van der Waals surface area contributed by atoms with E-state index in [1.807, 2.05) is 31.4 Å². The number of rotatable bonds is 5. The molecule has 0 aliphatic heterocycles. The van der Waals surface area contributed by atoms with Crippen LogP contribution < -0.4 is 10.1 Å². The van der Waals surface area contributed by atoms with Crippen molar-refractivity contribution in [3.63, 3.8) is 0 Å². The fourth-order valence-electron chi connectivity index (χ4n) is 1.89. The van der Waals surface area contributed by atoms with Crippen molar-refractivity contribution in [1.29, 1.82) is 0 Å². The minimum Gasteiger partial charge on any atom is -0.469 e. The predicted molar refractivity (Wildman–Crippen MR) is 86.8 cm³/mol. The molecule has 3 heterocycles. The number of anilines is 1. The molecule has 0 saturated carbocycles.